The molecule has 4 nitrogen and oxygen atoms in total. The number of rotatable bonds is 1. The fourth-order valence-corrected chi connectivity index (χ4v) is 2.12. The van der Waals surface area contributed by atoms with Gasteiger partial charge in [-0.2, -0.15) is 10.6 Å². The number of aromatic nitrogens is 2. The van der Waals surface area contributed by atoms with Crippen LogP contribution < -0.4 is 5.48 Å². The van der Waals surface area contributed by atoms with E-state index in [2.05, 4.69) is 28.8 Å². The van der Waals surface area contributed by atoms with Crippen molar-refractivity contribution in [1.29, 1.82) is 0 Å². The van der Waals surface area contributed by atoms with Crippen molar-refractivity contribution in [3.63, 3.8) is 0 Å². The van der Waals surface area contributed by atoms with Gasteiger partial charge in [-0.25, -0.2) is 0 Å². The van der Waals surface area contributed by atoms with Crippen LogP contribution in [0, 0.1) is 0 Å². The Hall–Kier alpha value is -1.39. The largest absolute Gasteiger partial charge is 0.301 e. The van der Waals surface area contributed by atoms with E-state index in [1.807, 2.05) is 17.9 Å². The first-order chi connectivity index (χ1) is 7.36. The van der Waals surface area contributed by atoms with Gasteiger partial charge in [0, 0.05) is 12.4 Å². The minimum atomic E-state index is 0.304. The highest BCUT2D eigenvalue weighted by Crippen LogP contribution is 2.27. The van der Waals surface area contributed by atoms with Crippen LogP contribution in [0.3, 0.4) is 0 Å². The first-order valence-corrected chi connectivity index (χ1v) is 5.14. The predicted octanol–water partition coefficient (Wildman–Crippen LogP) is 1.54. The summed E-state index contributed by atoms with van der Waals surface area (Å²) >= 11 is 0. The Morgan fingerprint density at radius 3 is 3.27 bits per heavy atom. The van der Waals surface area contributed by atoms with E-state index in [0.717, 1.165) is 13.0 Å². The number of hydrogen-bond donors (Lipinski definition) is 1. The Morgan fingerprint density at radius 2 is 2.47 bits per heavy atom. The van der Waals surface area contributed by atoms with Gasteiger partial charge in [0.05, 0.1) is 24.4 Å². The van der Waals surface area contributed by atoms with Crippen LogP contribution in [0.5, 0.6) is 0 Å². The summed E-state index contributed by atoms with van der Waals surface area (Å²) in [5.74, 6) is 0. The van der Waals surface area contributed by atoms with Crippen molar-refractivity contribution in [2.45, 2.75) is 12.5 Å². The summed E-state index contributed by atoms with van der Waals surface area (Å²) in [6, 6.07) is 6.59. The van der Waals surface area contributed by atoms with Gasteiger partial charge in [0.15, 0.2) is 0 Å². The molecule has 1 aliphatic heterocycles. The lowest BCUT2D eigenvalue weighted by molar-refractivity contribution is 0.0885. The lowest BCUT2D eigenvalue weighted by Gasteiger charge is -2.09. The number of hydroxylamine groups is 1. The van der Waals surface area contributed by atoms with Crippen molar-refractivity contribution in [1.82, 2.24) is 15.3 Å². The minimum absolute atomic E-state index is 0.304. The van der Waals surface area contributed by atoms with E-state index in [-0.39, 0.29) is 0 Å². The zero-order valence-electron chi connectivity index (χ0n) is 8.60. The van der Waals surface area contributed by atoms with Crippen LogP contribution in [0.25, 0.3) is 10.9 Å². The van der Waals surface area contributed by atoms with E-state index in [1.165, 1.54) is 16.5 Å². The van der Waals surface area contributed by atoms with Gasteiger partial charge in [0.25, 0.3) is 0 Å². The topological polar surface area (TPSA) is 39.1 Å². The fraction of sp³-hybridized carbons (Fsp3) is 0.364. The third-order valence-corrected chi connectivity index (χ3v) is 2.94. The van der Waals surface area contributed by atoms with Crippen LogP contribution in [0.1, 0.15) is 18.0 Å². The molecule has 15 heavy (non-hydrogen) atoms. The summed E-state index contributed by atoms with van der Waals surface area (Å²) in [5, 5.41) is 5.49. The highest BCUT2D eigenvalue weighted by Gasteiger charge is 2.19. The molecule has 1 aromatic carbocycles. The van der Waals surface area contributed by atoms with Crippen molar-refractivity contribution in [2.75, 3.05) is 6.61 Å². The van der Waals surface area contributed by atoms with Gasteiger partial charge in [-0.1, -0.05) is 12.1 Å². The maximum Gasteiger partial charge on any atom is 0.0701 e. The molecule has 78 valence electrons. The van der Waals surface area contributed by atoms with Gasteiger partial charge in [-0.05, 0) is 18.1 Å². The summed E-state index contributed by atoms with van der Waals surface area (Å²) in [4.78, 5) is 5.19. The van der Waals surface area contributed by atoms with Crippen LogP contribution in [-0.4, -0.2) is 16.4 Å². The first-order valence-electron chi connectivity index (χ1n) is 5.14. The van der Waals surface area contributed by atoms with E-state index in [4.69, 9.17) is 4.84 Å². The van der Waals surface area contributed by atoms with Crippen LogP contribution in [0.2, 0.25) is 0 Å². The standard InChI is InChI=1S/C11H13N3O/c1-14-11-4-2-3-8(9(11)7-12-14)10-5-6-15-13-10/h2-4,7,10,13H,5-6H2,1H3. The molecular weight excluding hydrogens is 190 g/mol. The zero-order chi connectivity index (χ0) is 10.3. The molecule has 1 aromatic heterocycles. The van der Waals surface area contributed by atoms with E-state index >= 15 is 0 Å². The van der Waals surface area contributed by atoms with Crippen LogP contribution >= 0.6 is 0 Å². The Labute approximate surface area is 87.8 Å². The molecule has 1 aliphatic rings. The third-order valence-electron chi connectivity index (χ3n) is 2.94. The summed E-state index contributed by atoms with van der Waals surface area (Å²) in [7, 11) is 1.96. The second kappa shape index (κ2) is 3.32. The summed E-state index contributed by atoms with van der Waals surface area (Å²) in [5.41, 5.74) is 5.48. The van der Waals surface area contributed by atoms with Crippen molar-refractivity contribution >= 4 is 10.9 Å². The van der Waals surface area contributed by atoms with Crippen LogP contribution in [-0.2, 0) is 11.9 Å². The molecule has 1 fully saturated rings. The highest BCUT2D eigenvalue weighted by molar-refractivity contribution is 5.82. The zero-order valence-corrected chi connectivity index (χ0v) is 8.60. The molecule has 4 heteroatoms. The maximum atomic E-state index is 5.19. The van der Waals surface area contributed by atoms with Crippen molar-refractivity contribution < 1.29 is 4.84 Å². The molecule has 0 aliphatic carbocycles. The first kappa shape index (κ1) is 8.88. The number of nitrogens with zero attached hydrogens (tertiary/aromatic N) is 2. The van der Waals surface area contributed by atoms with Crippen molar-refractivity contribution in [2.24, 2.45) is 7.05 Å². The fourth-order valence-electron chi connectivity index (χ4n) is 2.12. The van der Waals surface area contributed by atoms with Gasteiger partial charge < -0.3 is 4.84 Å². The van der Waals surface area contributed by atoms with Crippen LogP contribution in [0.4, 0.5) is 0 Å². The summed E-state index contributed by atoms with van der Waals surface area (Å²) in [6.45, 7) is 0.779. The molecule has 0 saturated carbocycles. The maximum absolute atomic E-state index is 5.19. The molecule has 1 N–H and O–H groups in total. The number of aryl methyl sites for hydroxylation is 1. The van der Waals surface area contributed by atoms with Gasteiger partial charge in [-0.3, -0.25) is 4.68 Å². The number of hydrogen-bond acceptors (Lipinski definition) is 3. The van der Waals surface area contributed by atoms with E-state index in [1.54, 1.807) is 0 Å². The molecule has 1 saturated heterocycles. The molecule has 0 amide bonds. The van der Waals surface area contributed by atoms with Crippen molar-refractivity contribution in [3.05, 3.63) is 30.0 Å². The normalized spacial score (nSPS) is 21.3. The number of nitrogens with one attached hydrogen (secondary N) is 1. The minimum Gasteiger partial charge on any atom is -0.301 e. The summed E-state index contributed by atoms with van der Waals surface area (Å²) < 4.78 is 1.90. The Balaban J connectivity index is 2.17. The van der Waals surface area contributed by atoms with E-state index in [9.17, 15) is 0 Å². The molecule has 1 unspecified atom stereocenters. The predicted molar refractivity (Wildman–Crippen MR) is 57.2 cm³/mol. The highest BCUT2D eigenvalue weighted by atomic mass is 16.7. The molecule has 0 bridgehead atoms. The lowest BCUT2D eigenvalue weighted by atomic mass is 10.0. The SMILES string of the molecule is Cn1ncc2c(C3CCON3)cccc21. The smallest absolute Gasteiger partial charge is 0.0701 e. The average molecular weight is 203 g/mol. The monoisotopic (exact) mass is 203 g/mol. The van der Waals surface area contributed by atoms with Crippen LogP contribution in [0.15, 0.2) is 24.4 Å². The quantitative estimate of drug-likeness (QED) is 0.764. The summed E-state index contributed by atoms with van der Waals surface area (Å²) in [6.07, 6.45) is 2.94. The van der Waals surface area contributed by atoms with Gasteiger partial charge in [0.1, 0.15) is 0 Å². The molecule has 1 atom stereocenters. The molecule has 2 aromatic rings. The lowest BCUT2D eigenvalue weighted by Crippen LogP contribution is -2.11. The number of fused-ring (bicyclic) bond motifs is 1. The Kier molecular flexibility index (Phi) is 1.97. The van der Waals surface area contributed by atoms with Gasteiger partial charge >= 0.3 is 0 Å². The number of benzene rings is 1. The van der Waals surface area contributed by atoms with Crippen molar-refractivity contribution in [3.8, 4) is 0 Å². The van der Waals surface area contributed by atoms with Gasteiger partial charge in [0.2, 0.25) is 0 Å². The van der Waals surface area contributed by atoms with E-state index < -0.39 is 0 Å². The Morgan fingerprint density at radius 1 is 1.53 bits per heavy atom. The average Bonchev–Trinajstić information content (AvgIpc) is 2.88. The third kappa shape index (κ3) is 1.33. The molecule has 0 spiro atoms. The molecule has 0 radical (unpaired) electrons. The second-order valence-electron chi connectivity index (χ2n) is 3.86. The Bertz CT molecular complexity index is 486. The molecular formula is C11H13N3O. The van der Waals surface area contributed by atoms with E-state index in [0.29, 0.717) is 6.04 Å². The molecule has 3 rings (SSSR count). The van der Waals surface area contributed by atoms with Gasteiger partial charge in [-0.15, -0.1) is 0 Å². The molecule has 2 heterocycles. The second-order valence-corrected chi connectivity index (χ2v) is 3.86.